The molecule has 2 aliphatic rings. The number of oxazole rings is 1. The van der Waals surface area contributed by atoms with E-state index in [9.17, 15) is 13.2 Å². The second-order valence-corrected chi connectivity index (χ2v) is 9.55. The predicted molar refractivity (Wildman–Crippen MR) is 116 cm³/mol. The van der Waals surface area contributed by atoms with Crippen molar-refractivity contribution in [2.24, 2.45) is 0 Å². The van der Waals surface area contributed by atoms with Crippen LogP contribution in [0.1, 0.15) is 42.2 Å². The number of fused-ring (bicyclic) bond motifs is 1. The van der Waals surface area contributed by atoms with Gasteiger partial charge in [0.05, 0.1) is 12.8 Å². The van der Waals surface area contributed by atoms with Gasteiger partial charge in [-0.2, -0.15) is 13.4 Å². The summed E-state index contributed by atoms with van der Waals surface area (Å²) >= 11 is 0. The quantitative estimate of drug-likeness (QED) is 0.583. The molecule has 1 aromatic carbocycles. The zero-order valence-corrected chi connectivity index (χ0v) is 18.2. The highest BCUT2D eigenvalue weighted by Crippen LogP contribution is 2.40. The first kappa shape index (κ1) is 20.5. The van der Waals surface area contributed by atoms with Crippen LogP contribution in [0.4, 0.5) is 10.5 Å². The highest BCUT2D eigenvalue weighted by molar-refractivity contribution is 7.90. The Hall–Kier alpha value is -3.40. The second kappa shape index (κ2) is 7.94. The number of nitrogens with one attached hydrogen (secondary N) is 2. The highest BCUT2D eigenvalue weighted by atomic mass is 32.2. The van der Waals surface area contributed by atoms with Crippen LogP contribution in [-0.2, 0) is 22.9 Å². The van der Waals surface area contributed by atoms with Gasteiger partial charge in [0.2, 0.25) is 10.9 Å². The zero-order valence-electron chi connectivity index (χ0n) is 17.4. The standard InChI is InChI=1S/C22H22N4O5S/c1-30-18-11-15(9-10-23-18)17-8-7-13-3-2-4-16(13)20(17)25-22(27)26-32(28,29)19-12-31-21(24-19)14-5-6-14/h7-12,14H,2-6H2,1H3,(H2,25,26,27). The lowest BCUT2D eigenvalue weighted by molar-refractivity contribution is 0.256. The second-order valence-electron chi connectivity index (χ2n) is 7.92. The van der Waals surface area contributed by atoms with E-state index in [1.807, 2.05) is 22.9 Å². The lowest BCUT2D eigenvalue weighted by atomic mass is 9.98. The summed E-state index contributed by atoms with van der Waals surface area (Å²) in [6.45, 7) is 0. The Kier molecular flexibility index (Phi) is 5.09. The molecule has 0 atom stereocenters. The first-order valence-corrected chi connectivity index (χ1v) is 11.9. The third kappa shape index (κ3) is 3.93. The summed E-state index contributed by atoms with van der Waals surface area (Å²) < 4.78 is 37.8. The number of carbonyl (C=O) groups excluding carboxylic acids is 1. The van der Waals surface area contributed by atoms with Gasteiger partial charge in [0, 0.05) is 23.7 Å². The molecule has 2 aliphatic carbocycles. The summed E-state index contributed by atoms with van der Waals surface area (Å²) in [4.78, 5) is 20.9. The van der Waals surface area contributed by atoms with Crippen LogP contribution in [0.3, 0.4) is 0 Å². The van der Waals surface area contributed by atoms with Gasteiger partial charge in [0.1, 0.15) is 6.26 Å². The van der Waals surface area contributed by atoms with Crippen LogP contribution in [0.2, 0.25) is 0 Å². The fourth-order valence-electron chi connectivity index (χ4n) is 3.96. The van der Waals surface area contributed by atoms with Gasteiger partial charge in [-0.25, -0.2) is 14.5 Å². The molecule has 10 heteroatoms. The van der Waals surface area contributed by atoms with E-state index < -0.39 is 16.1 Å². The Morgan fingerprint density at radius 3 is 2.84 bits per heavy atom. The van der Waals surface area contributed by atoms with Crippen LogP contribution in [0.15, 0.2) is 46.2 Å². The molecule has 0 spiro atoms. The van der Waals surface area contributed by atoms with Crippen molar-refractivity contribution in [3.8, 4) is 17.0 Å². The number of aromatic nitrogens is 2. The van der Waals surface area contributed by atoms with Crippen LogP contribution in [0.5, 0.6) is 5.88 Å². The summed E-state index contributed by atoms with van der Waals surface area (Å²) in [5, 5.41) is 2.47. The van der Waals surface area contributed by atoms with Gasteiger partial charge in [0.25, 0.3) is 10.0 Å². The van der Waals surface area contributed by atoms with Crippen molar-refractivity contribution < 1.29 is 22.4 Å². The van der Waals surface area contributed by atoms with Crippen molar-refractivity contribution in [3.05, 3.63) is 53.7 Å². The summed E-state index contributed by atoms with van der Waals surface area (Å²) in [7, 11) is -2.63. The molecule has 166 valence electrons. The molecule has 32 heavy (non-hydrogen) atoms. The molecule has 1 saturated carbocycles. The van der Waals surface area contributed by atoms with E-state index in [1.165, 1.54) is 7.11 Å². The first-order chi connectivity index (χ1) is 15.4. The molecule has 5 rings (SSSR count). The fourth-order valence-corrected chi connectivity index (χ4v) is 4.75. The largest absolute Gasteiger partial charge is 0.481 e. The minimum atomic E-state index is -4.16. The lowest BCUT2D eigenvalue weighted by Gasteiger charge is -2.17. The number of sulfonamides is 1. The van der Waals surface area contributed by atoms with Gasteiger partial charge >= 0.3 is 6.03 Å². The number of amides is 2. The van der Waals surface area contributed by atoms with Crippen LogP contribution in [0, 0.1) is 0 Å². The summed E-state index contributed by atoms with van der Waals surface area (Å²) in [5.41, 5.74) is 4.29. The van der Waals surface area contributed by atoms with Gasteiger partial charge in [-0.1, -0.05) is 12.1 Å². The molecule has 0 bridgehead atoms. The van der Waals surface area contributed by atoms with Gasteiger partial charge < -0.3 is 14.5 Å². The number of benzene rings is 1. The first-order valence-electron chi connectivity index (χ1n) is 10.4. The molecule has 2 aromatic heterocycles. The Labute approximate surface area is 185 Å². The van der Waals surface area contributed by atoms with Gasteiger partial charge in [0.15, 0.2) is 5.89 Å². The number of carbonyl (C=O) groups is 1. The molecule has 0 radical (unpaired) electrons. The van der Waals surface area contributed by atoms with Crippen molar-refractivity contribution in [3.63, 3.8) is 0 Å². The maximum Gasteiger partial charge on any atom is 0.333 e. The number of methoxy groups -OCH3 is 1. The molecule has 0 aliphatic heterocycles. The van der Waals surface area contributed by atoms with E-state index in [0.29, 0.717) is 17.5 Å². The predicted octanol–water partition coefficient (Wildman–Crippen LogP) is 3.62. The molecule has 0 unspecified atom stereocenters. The summed E-state index contributed by atoms with van der Waals surface area (Å²) in [6.07, 6.45) is 7.21. The van der Waals surface area contributed by atoms with E-state index in [0.717, 1.165) is 60.6 Å². The van der Waals surface area contributed by atoms with Crippen molar-refractivity contribution in [1.82, 2.24) is 14.7 Å². The number of ether oxygens (including phenoxy) is 1. The Bertz CT molecular complexity index is 1300. The number of urea groups is 1. The van der Waals surface area contributed by atoms with Gasteiger partial charge in [-0.3, -0.25) is 0 Å². The third-order valence-corrected chi connectivity index (χ3v) is 6.90. The third-order valence-electron chi connectivity index (χ3n) is 5.71. The molecule has 9 nitrogen and oxygen atoms in total. The molecule has 2 heterocycles. The Morgan fingerprint density at radius 1 is 1.22 bits per heavy atom. The molecular formula is C22H22N4O5S. The van der Waals surface area contributed by atoms with Gasteiger partial charge in [-0.15, -0.1) is 0 Å². The number of rotatable bonds is 6. The smallest absolute Gasteiger partial charge is 0.333 e. The maximum absolute atomic E-state index is 12.8. The molecule has 2 amide bonds. The zero-order chi connectivity index (χ0) is 22.3. The molecule has 3 aromatic rings. The van der Waals surface area contributed by atoms with Gasteiger partial charge in [-0.05, 0) is 54.9 Å². The fraction of sp³-hybridized carbons (Fsp3) is 0.318. The van der Waals surface area contributed by atoms with Crippen molar-refractivity contribution in [1.29, 1.82) is 0 Å². The van der Waals surface area contributed by atoms with Crippen molar-refractivity contribution in [2.45, 2.75) is 43.0 Å². The molecular weight excluding hydrogens is 432 g/mol. The molecule has 1 fully saturated rings. The summed E-state index contributed by atoms with van der Waals surface area (Å²) in [5.74, 6) is 0.999. The monoisotopic (exact) mass is 454 g/mol. The topological polar surface area (TPSA) is 123 Å². The molecule has 0 saturated heterocycles. The maximum atomic E-state index is 12.8. The average molecular weight is 455 g/mol. The number of hydrogen-bond donors (Lipinski definition) is 2. The van der Waals surface area contributed by atoms with Crippen LogP contribution in [0.25, 0.3) is 11.1 Å². The van der Waals surface area contributed by atoms with Crippen LogP contribution in [-0.4, -0.2) is 31.5 Å². The number of hydrogen-bond acceptors (Lipinski definition) is 7. The average Bonchev–Trinajstić information content (AvgIpc) is 3.29. The van der Waals surface area contributed by atoms with E-state index in [2.05, 4.69) is 15.3 Å². The van der Waals surface area contributed by atoms with E-state index in [-0.39, 0.29) is 10.9 Å². The number of aryl methyl sites for hydroxylation is 1. The van der Waals surface area contributed by atoms with E-state index >= 15 is 0 Å². The van der Waals surface area contributed by atoms with Crippen LogP contribution >= 0.6 is 0 Å². The minimum absolute atomic E-state index is 0.166. The summed E-state index contributed by atoms with van der Waals surface area (Å²) in [6, 6.07) is 6.68. The van der Waals surface area contributed by atoms with Crippen molar-refractivity contribution in [2.75, 3.05) is 12.4 Å². The Balaban J connectivity index is 1.43. The number of pyridine rings is 1. The SMILES string of the molecule is COc1cc(-c2ccc3c(c2NC(=O)NS(=O)(=O)c2coc(C4CC4)n2)CCC3)ccn1. The van der Waals surface area contributed by atoms with Crippen molar-refractivity contribution >= 4 is 21.7 Å². The lowest BCUT2D eigenvalue weighted by Crippen LogP contribution is -2.35. The number of anilines is 1. The normalized spacial score (nSPS) is 15.3. The minimum Gasteiger partial charge on any atom is -0.481 e. The number of nitrogens with zero attached hydrogens (tertiary/aromatic N) is 2. The van der Waals surface area contributed by atoms with E-state index in [4.69, 9.17) is 9.15 Å². The van der Waals surface area contributed by atoms with Crippen LogP contribution < -0.4 is 14.8 Å². The highest BCUT2D eigenvalue weighted by Gasteiger charge is 2.31. The van der Waals surface area contributed by atoms with E-state index in [1.54, 1.807) is 12.3 Å². The Morgan fingerprint density at radius 2 is 2.06 bits per heavy atom. The molecule has 2 N–H and O–H groups in total.